The molecule has 1 aliphatic heterocycles. The lowest BCUT2D eigenvalue weighted by Crippen LogP contribution is -2.52. The summed E-state index contributed by atoms with van der Waals surface area (Å²) < 4.78 is 10.4. The molecular weight excluding hydrogens is 326 g/mol. The van der Waals surface area contributed by atoms with Gasteiger partial charge in [0.05, 0.1) is 26.3 Å². The van der Waals surface area contributed by atoms with Crippen LogP contribution in [0.5, 0.6) is 11.5 Å². The number of likely N-dealkylation sites (N-methyl/N-ethyl adjacent to an activating group) is 1. The number of nitrogens with zero attached hydrogens (tertiary/aromatic N) is 2. The summed E-state index contributed by atoms with van der Waals surface area (Å²) in [6, 6.07) is 4.19. The minimum absolute atomic E-state index is 0.117. The Morgan fingerprint density at radius 1 is 1.20 bits per heavy atom. The number of rotatable bonds is 7. The van der Waals surface area contributed by atoms with Gasteiger partial charge in [0.1, 0.15) is 17.5 Å². The number of benzene rings is 1. The van der Waals surface area contributed by atoms with E-state index in [1.165, 1.54) is 7.11 Å². The van der Waals surface area contributed by atoms with E-state index in [1.54, 1.807) is 25.3 Å². The minimum atomic E-state index is -0.985. The highest BCUT2D eigenvalue weighted by Crippen LogP contribution is 2.29. The van der Waals surface area contributed by atoms with Gasteiger partial charge in [-0.05, 0) is 19.2 Å². The average molecular weight is 351 g/mol. The third-order valence-electron chi connectivity index (χ3n) is 4.33. The molecule has 0 spiro atoms. The van der Waals surface area contributed by atoms with Crippen molar-refractivity contribution in [1.82, 2.24) is 9.80 Å². The highest BCUT2D eigenvalue weighted by Gasteiger charge is 2.30. The molecule has 1 fully saturated rings. The van der Waals surface area contributed by atoms with Crippen molar-refractivity contribution in [3.05, 3.63) is 18.2 Å². The summed E-state index contributed by atoms with van der Waals surface area (Å²) in [5.74, 6) is -0.286. The summed E-state index contributed by atoms with van der Waals surface area (Å²) in [5.41, 5.74) is 0.482. The Hall–Kier alpha value is -2.32. The van der Waals surface area contributed by atoms with Gasteiger partial charge in [-0.2, -0.15) is 0 Å². The standard InChI is InChI=1S/C17H25N3O5/c1-19-6-8-20(9-7-19)14(17(22)23)11-16(21)18-13-5-4-12(24-2)10-15(13)25-3/h4-5,10,14H,6-9,11H2,1-3H3,(H,18,21)(H,22,23)/t14-/m0/s1. The summed E-state index contributed by atoms with van der Waals surface area (Å²) in [6.45, 7) is 2.84. The SMILES string of the molecule is COc1ccc(NC(=O)C[C@@H](C(=O)O)N2CCN(C)CC2)c(OC)c1. The zero-order valence-corrected chi connectivity index (χ0v) is 14.8. The second kappa shape index (κ2) is 8.68. The van der Waals surface area contributed by atoms with Crippen LogP contribution in [0, 0.1) is 0 Å². The molecule has 2 rings (SSSR count). The fourth-order valence-electron chi connectivity index (χ4n) is 2.78. The number of carboxylic acid groups (broad SMARTS) is 1. The highest BCUT2D eigenvalue weighted by molar-refractivity contribution is 5.95. The summed E-state index contributed by atoms with van der Waals surface area (Å²) in [6.07, 6.45) is -0.117. The number of anilines is 1. The normalized spacial score (nSPS) is 16.9. The fourth-order valence-corrected chi connectivity index (χ4v) is 2.78. The number of amides is 1. The molecule has 1 amide bonds. The van der Waals surface area contributed by atoms with Crippen molar-refractivity contribution in [2.24, 2.45) is 0 Å². The van der Waals surface area contributed by atoms with Crippen LogP contribution in [0.3, 0.4) is 0 Å². The third kappa shape index (κ3) is 5.07. The van der Waals surface area contributed by atoms with Crippen molar-refractivity contribution >= 4 is 17.6 Å². The fraction of sp³-hybridized carbons (Fsp3) is 0.529. The average Bonchev–Trinajstić information content (AvgIpc) is 2.60. The second-order valence-electron chi connectivity index (χ2n) is 6.01. The number of carboxylic acids is 1. The Bertz CT molecular complexity index is 614. The molecule has 0 radical (unpaired) electrons. The molecule has 0 aromatic heterocycles. The lowest BCUT2D eigenvalue weighted by molar-refractivity contribution is -0.145. The molecule has 1 aliphatic rings. The molecule has 1 aromatic rings. The first-order valence-corrected chi connectivity index (χ1v) is 8.12. The molecule has 0 bridgehead atoms. The van der Waals surface area contributed by atoms with Crippen LogP contribution in [0.1, 0.15) is 6.42 Å². The summed E-state index contributed by atoms with van der Waals surface area (Å²) in [4.78, 5) is 27.9. The molecule has 2 N–H and O–H groups in total. The maximum absolute atomic E-state index is 12.4. The van der Waals surface area contributed by atoms with Crippen LogP contribution in [-0.2, 0) is 9.59 Å². The Labute approximate surface area is 147 Å². The number of piperazine rings is 1. The van der Waals surface area contributed by atoms with Gasteiger partial charge in [0.25, 0.3) is 0 Å². The molecule has 1 heterocycles. The van der Waals surface area contributed by atoms with Crippen LogP contribution in [0.2, 0.25) is 0 Å². The molecule has 0 aliphatic carbocycles. The van der Waals surface area contributed by atoms with E-state index in [2.05, 4.69) is 10.2 Å². The molecule has 1 atom stereocenters. The number of hydrogen-bond acceptors (Lipinski definition) is 6. The topological polar surface area (TPSA) is 91.3 Å². The van der Waals surface area contributed by atoms with E-state index in [9.17, 15) is 14.7 Å². The molecule has 138 valence electrons. The van der Waals surface area contributed by atoms with Gasteiger partial charge >= 0.3 is 5.97 Å². The van der Waals surface area contributed by atoms with Crippen molar-refractivity contribution in [1.29, 1.82) is 0 Å². The molecule has 1 saturated heterocycles. The van der Waals surface area contributed by atoms with E-state index in [-0.39, 0.29) is 12.3 Å². The van der Waals surface area contributed by atoms with Crippen molar-refractivity contribution in [2.45, 2.75) is 12.5 Å². The number of nitrogens with one attached hydrogen (secondary N) is 1. The van der Waals surface area contributed by atoms with Crippen LogP contribution in [0.25, 0.3) is 0 Å². The number of ether oxygens (including phenoxy) is 2. The smallest absolute Gasteiger partial charge is 0.321 e. The Balaban J connectivity index is 2.03. The Morgan fingerprint density at radius 3 is 2.44 bits per heavy atom. The summed E-state index contributed by atoms with van der Waals surface area (Å²) in [5, 5.41) is 12.2. The molecule has 1 aromatic carbocycles. The molecule has 8 nitrogen and oxygen atoms in total. The first-order chi connectivity index (χ1) is 11.9. The van der Waals surface area contributed by atoms with Crippen molar-refractivity contribution in [2.75, 3.05) is 52.8 Å². The highest BCUT2D eigenvalue weighted by atomic mass is 16.5. The monoisotopic (exact) mass is 351 g/mol. The maximum atomic E-state index is 12.4. The van der Waals surface area contributed by atoms with Gasteiger partial charge < -0.3 is 24.8 Å². The molecular formula is C17H25N3O5. The van der Waals surface area contributed by atoms with Gasteiger partial charge in [0.15, 0.2) is 0 Å². The number of hydrogen-bond donors (Lipinski definition) is 2. The van der Waals surface area contributed by atoms with Crippen LogP contribution in [0.4, 0.5) is 5.69 Å². The number of methoxy groups -OCH3 is 2. The molecule has 0 unspecified atom stereocenters. The van der Waals surface area contributed by atoms with Crippen LogP contribution < -0.4 is 14.8 Å². The summed E-state index contributed by atoms with van der Waals surface area (Å²) >= 11 is 0. The molecule has 25 heavy (non-hydrogen) atoms. The predicted octanol–water partition coefficient (Wildman–Crippen LogP) is 0.733. The van der Waals surface area contributed by atoms with Gasteiger partial charge in [-0.15, -0.1) is 0 Å². The lowest BCUT2D eigenvalue weighted by Gasteiger charge is -2.35. The van der Waals surface area contributed by atoms with E-state index in [1.807, 2.05) is 11.9 Å². The second-order valence-corrected chi connectivity index (χ2v) is 6.01. The first-order valence-electron chi connectivity index (χ1n) is 8.12. The molecule has 8 heteroatoms. The first kappa shape index (κ1) is 19.0. The van der Waals surface area contributed by atoms with Crippen molar-refractivity contribution < 1.29 is 24.2 Å². The zero-order valence-electron chi connectivity index (χ0n) is 14.8. The van der Waals surface area contributed by atoms with Crippen LogP contribution in [-0.4, -0.2) is 80.3 Å². The van der Waals surface area contributed by atoms with Gasteiger partial charge in [0.2, 0.25) is 5.91 Å². The van der Waals surface area contributed by atoms with E-state index in [0.29, 0.717) is 30.3 Å². The Morgan fingerprint density at radius 2 is 1.88 bits per heavy atom. The predicted molar refractivity (Wildman–Crippen MR) is 93.3 cm³/mol. The van der Waals surface area contributed by atoms with Crippen molar-refractivity contribution in [3.8, 4) is 11.5 Å². The van der Waals surface area contributed by atoms with Gasteiger partial charge in [-0.3, -0.25) is 14.5 Å². The zero-order chi connectivity index (χ0) is 18.4. The quantitative estimate of drug-likeness (QED) is 0.748. The lowest BCUT2D eigenvalue weighted by atomic mass is 10.1. The maximum Gasteiger partial charge on any atom is 0.321 e. The number of carbonyl (C=O) groups excluding carboxylic acids is 1. The number of aliphatic carboxylic acids is 1. The Kier molecular flexibility index (Phi) is 6.60. The third-order valence-corrected chi connectivity index (χ3v) is 4.33. The minimum Gasteiger partial charge on any atom is -0.497 e. The largest absolute Gasteiger partial charge is 0.497 e. The number of carbonyl (C=O) groups is 2. The summed E-state index contributed by atoms with van der Waals surface area (Å²) in [7, 11) is 5.03. The van der Waals surface area contributed by atoms with E-state index >= 15 is 0 Å². The van der Waals surface area contributed by atoms with E-state index in [4.69, 9.17) is 9.47 Å². The van der Waals surface area contributed by atoms with Crippen LogP contribution in [0.15, 0.2) is 18.2 Å². The van der Waals surface area contributed by atoms with Gasteiger partial charge in [-0.1, -0.05) is 0 Å². The van der Waals surface area contributed by atoms with Gasteiger partial charge in [-0.25, -0.2) is 0 Å². The van der Waals surface area contributed by atoms with E-state index in [0.717, 1.165) is 13.1 Å². The molecule has 0 saturated carbocycles. The van der Waals surface area contributed by atoms with E-state index < -0.39 is 12.0 Å². The van der Waals surface area contributed by atoms with Gasteiger partial charge in [0, 0.05) is 32.2 Å². The van der Waals surface area contributed by atoms with Crippen molar-refractivity contribution in [3.63, 3.8) is 0 Å². The van der Waals surface area contributed by atoms with Crippen LogP contribution >= 0.6 is 0 Å².